The summed E-state index contributed by atoms with van der Waals surface area (Å²) in [7, 11) is -0.733. The average molecular weight is 404 g/mol. The van der Waals surface area contributed by atoms with Gasteiger partial charge in [0, 0.05) is 12.6 Å². The number of hydrogen-bond acceptors (Lipinski definition) is 4. The lowest BCUT2D eigenvalue weighted by Gasteiger charge is -2.37. The van der Waals surface area contributed by atoms with Gasteiger partial charge in [0.1, 0.15) is 16.4 Å². The van der Waals surface area contributed by atoms with E-state index in [1.54, 1.807) is 12.1 Å². The van der Waals surface area contributed by atoms with Crippen molar-refractivity contribution in [2.45, 2.75) is 43.4 Å². The highest BCUT2D eigenvalue weighted by Gasteiger charge is 2.34. The predicted octanol–water partition coefficient (Wildman–Crippen LogP) is 4.18. The van der Waals surface area contributed by atoms with Crippen LogP contribution < -0.4 is 14.2 Å². The van der Waals surface area contributed by atoms with Crippen LogP contribution in [0.3, 0.4) is 0 Å². The van der Waals surface area contributed by atoms with Crippen molar-refractivity contribution in [3.8, 4) is 11.5 Å². The first-order valence-corrected chi connectivity index (χ1v) is 11.2. The Bertz CT molecular complexity index is 875. The van der Waals surface area contributed by atoms with E-state index >= 15 is 0 Å². The minimum absolute atomic E-state index is 0.0568. The molecule has 0 aliphatic heterocycles. The highest BCUT2D eigenvalue weighted by atomic mass is 32.2. The molecule has 0 amide bonds. The van der Waals surface area contributed by atoms with Crippen LogP contribution in [-0.2, 0) is 16.4 Å². The van der Waals surface area contributed by atoms with Gasteiger partial charge in [-0.2, -0.15) is 0 Å². The van der Waals surface area contributed by atoms with Crippen LogP contribution in [0, 0.1) is 5.41 Å². The van der Waals surface area contributed by atoms with E-state index in [1.807, 2.05) is 18.2 Å². The summed E-state index contributed by atoms with van der Waals surface area (Å²) in [6.45, 7) is 0.421. The number of rotatable bonds is 8. The topological polar surface area (TPSA) is 64.6 Å². The van der Waals surface area contributed by atoms with E-state index in [2.05, 4.69) is 16.9 Å². The molecule has 1 aliphatic carbocycles. The molecule has 0 unspecified atom stereocenters. The molecule has 28 heavy (non-hydrogen) atoms. The molecular formula is C22H29NO4S. The maximum absolute atomic E-state index is 13.1. The van der Waals surface area contributed by atoms with Gasteiger partial charge in [-0.15, -0.1) is 0 Å². The summed E-state index contributed by atoms with van der Waals surface area (Å²) in [5, 5.41) is 0. The number of nitrogens with one attached hydrogen (secondary N) is 1. The first-order valence-electron chi connectivity index (χ1n) is 9.74. The highest BCUT2D eigenvalue weighted by Crippen LogP contribution is 2.39. The lowest BCUT2D eigenvalue weighted by Crippen LogP contribution is -2.40. The summed E-state index contributed by atoms with van der Waals surface area (Å²) in [6, 6.07) is 15.1. The number of sulfonamides is 1. The maximum Gasteiger partial charge on any atom is 0.244 e. The SMILES string of the molecule is COc1ccc(OC)c(S(=O)(=O)NCC2(Cc3ccccc3)CCCCC2)c1. The van der Waals surface area contributed by atoms with Crippen LogP contribution in [0.1, 0.15) is 37.7 Å². The standard InChI is InChI=1S/C22H29NO4S/c1-26-19-11-12-20(27-2)21(15-19)28(24,25)23-17-22(13-7-4-8-14-22)16-18-9-5-3-6-10-18/h3,5-6,9-12,15,23H,4,7-8,13-14,16-17H2,1-2H3. The van der Waals surface area contributed by atoms with Crippen molar-refractivity contribution in [1.29, 1.82) is 0 Å². The van der Waals surface area contributed by atoms with Crippen molar-refractivity contribution in [3.63, 3.8) is 0 Å². The Kier molecular flexibility index (Phi) is 6.62. The van der Waals surface area contributed by atoms with Crippen molar-refractivity contribution < 1.29 is 17.9 Å². The minimum atomic E-state index is -3.72. The Labute approximate surface area is 168 Å². The van der Waals surface area contributed by atoms with E-state index in [4.69, 9.17) is 9.47 Å². The second-order valence-corrected chi connectivity index (χ2v) is 9.30. The number of hydrogen-bond donors (Lipinski definition) is 1. The van der Waals surface area contributed by atoms with Gasteiger partial charge in [-0.3, -0.25) is 0 Å². The normalized spacial score (nSPS) is 16.5. The predicted molar refractivity (Wildman–Crippen MR) is 110 cm³/mol. The van der Waals surface area contributed by atoms with Gasteiger partial charge in [-0.25, -0.2) is 13.1 Å². The number of ether oxygens (including phenoxy) is 2. The molecule has 152 valence electrons. The molecule has 2 aromatic rings. The second kappa shape index (κ2) is 8.97. The maximum atomic E-state index is 13.1. The summed E-state index contributed by atoms with van der Waals surface area (Å²) in [5.74, 6) is 0.798. The monoisotopic (exact) mass is 403 g/mol. The third-order valence-corrected chi connectivity index (χ3v) is 7.06. The second-order valence-electron chi connectivity index (χ2n) is 7.56. The van der Waals surface area contributed by atoms with Gasteiger partial charge >= 0.3 is 0 Å². The first-order chi connectivity index (χ1) is 13.5. The van der Waals surface area contributed by atoms with Crippen LogP contribution in [0.15, 0.2) is 53.4 Å². The van der Waals surface area contributed by atoms with Crippen LogP contribution in [0.5, 0.6) is 11.5 Å². The summed E-state index contributed by atoms with van der Waals surface area (Å²) in [5.41, 5.74) is 1.20. The first kappa shape index (κ1) is 20.7. The number of benzene rings is 2. The molecule has 1 N–H and O–H groups in total. The summed E-state index contributed by atoms with van der Waals surface area (Å²) in [6.07, 6.45) is 6.42. The quantitative estimate of drug-likeness (QED) is 0.718. The van der Waals surface area contributed by atoms with Crippen LogP contribution >= 0.6 is 0 Å². The van der Waals surface area contributed by atoms with Gasteiger partial charge in [0.25, 0.3) is 0 Å². The molecular weight excluding hydrogens is 374 g/mol. The van der Waals surface area contributed by atoms with Gasteiger partial charge in [0.2, 0.25) is 10.0 Å². The molecule has 1 aliphatic rings. The van der Waals surface area contributed by atoms with Crippen molar-refractivity contribution >= 4 is 10.0 Å². The van der Waals surface area contributed by atoms with Crippen molar-refractivity contribution in [1.82, 2.24) is 4.72 Å². The molecule has 0 atom stereocenters. The van der Waals surface area contributed by atoms with Crippen LogP contribution in [0.25, 0.3) is 0 Å². The molecule has 3 rings (SSSR count). The fourth-order valence-electron chi connectivity index (χ4n) is 4.07. The Morgan fingerprint density at radius 1 is 0.964 bits per heavy atom. The molecule has 0 spiro atoms. The van der Waals surface area contributed by atoms with Crippen LogP contribution in [0.2, 0.25) is 0 Å². The molecule has 6 heteroatoms. The molecule has 0 aromatic heterocycles. The molecule has 0 heterocycles. The Morgan fingerprint density at radius 2 is 1.68 bits per heavy atom. The highest BCUT2D eigenvalue weighted by molar-refractivity contribution is 7.89. The van der Waals surface area contributed by atoms with Gasteiger partial charge in [-0.1, -0.05) is 49.6 Å². The summed E-state index contributed by atoms with van der Waals surface area (Å²) >= 11 is 0. The van der Waals surface area contributed by atoms with Gasteiger partial charge in [0.15, 0.2) is 0 Å². The fraction of sp³-hybridized carbons (Fsp3) is 0.455. The van der Waals surface area contributed by atoms with E-state index in [1.165, 1.54) is 32.3 Å². The summed E-state index contributed by atoms with van der Waals surface area (Å²) in [4.78, 5) is 0.111. The third kappa shape index (κ3) is 4.86. The lowest BCUT2D eigenvalue weighted by molar-refractivity contribution is 0.190. The largest absolute Gasteiger partial charge is 0.497 e. The Morgan fingerprint density at radius 3 is 2.32 bits per heavy atom. The minimum Gasteiger partial charge on any atom is -0.497 e. The van der Waals surface area contributed by atoms with E-state index < -0.39 is 10.0 Å². The summed E-state index contributed by atoms with van der Waals surface area (Å²) < 4.78 is 39.5. The number of methoxy groups -OCH3 is 2. The fourth-order valence-corrected chi connectivity index (χ4v) is 5.41. The molecule has 0 radical (unpaired) electrons. The van der Waals surface area contributed by atoms with Crippen molar-refractivity contribution in [3.05, 3.63) is 54.1 Å². The van der Waals surface area contributed by atoms with Gasteiger partial charge < -0.3 is 9.47 Å². The zero-order chi connectivity index (χ0) is 20.0. The van der Waals surface area contributed by atoms with E-state index in [-0.39, 0.29) is 10.3 Å². The molecule has 2 aromatic carbocycles. The Hall–Kier alpha value is -2.05. The molecule has 1 saturated carbocycles. The van der Waals surface area contributed by atoms with E-state index in [0.717, 1.165) is 32.1 Å². The zero-order valence-corrected chi connectivity index (χ0v) is 17.4. The Balaban J connectivity index is 1.82. The van der Waals surface area contributed by atoms with Crippen molar-refractivity contribution in [2.75, 3.05) is 20.8 Å². The smallest absolute Gasteiger partial charge is 0.244 e. The zero-order valence-electron chi connectivity index (χ0n) is 16.6. The average Bonchev–Trinajstić information content (AvgIpc) is 2.73. The van der Waals surface area contributed by atoms with E-state index in [0.29, 0.717) is 18.0 Å². The third-order valence-electron chi connectivity index (χ3n) is 5.63. The van der Waals surface area contributed by atoms with Crippen LogP contribution in [-0.4, -0.2) is 29.2 Å². The molecule has 0 bridgehead atoms. The molecule has 1 fully saturated rings. The van der Waals surface area contributed by atoms with Crippen molar-refractivity contribution in [2.24, 2.45) is 5.41 Å². The molecule has 5 nitrogen and oxygen atoms in total. The van der Waals surface area contributed by atoms with Gasteiger partial charge in [-0.05, 0) is 42.4 Å². The van der Waals surface area contributed by atoms with E-state index in [9.17, 15) is 8.42 Å². The van der Waals surface area contributed by atoms with Gasteiger partial charge in [0.05, 0.1) is 14.2 Å². The van der Waals surface area contributed by atoms with Crippen LogP contribution in [0.4, 0.5) is 0 Å². The lowest BCUT2D eigenvalue weighted by atomic mass is 9.70. The molecule has 0 saturated heterocycles.